The molecule has 2 aromatic rings. The first kappa shape index (κ1) is 21.8. The van der Waals surface area contributed by atoms with Crippen molar-refractivity contribution in [3.8, 4) is 0 Å². The highest BCUT2D eigenvalue weighted by Gasteiger charge is 2.15. The summed E-state index contributed by atoms with van der Waals surface area (Å²) in [6.45, 7) is 5.11. The van der Waals surface area contributed by atoms with Gasteiger partial charge in [-0.15, -0.1) is 0 Å². The van der Waals surface area contributed by atoms with Crippen LogP contribution in [0.5, 0.6) is 0 Å². The molecule has 0 atom stereocenters. The molecule has 2 aliphatic rings. The van der Waals surface area contributed by atoms with Crippen LogP contribution in [-0.4, -0.2) is 48.6 Å². The van der Waals surface area contributed by atoms with E-state index < -0.39 is 0 Å². The molecule has 1 amide bonds. The summed E-state index contributed by atoms with van der Waals surface area (Å²) in [5, 5.41) is 6.48. The van der Waals surface area contributed by atoms with E-state index in [0.717, 1.165) is 74.1 Å². The first-order valence-electron chi connectivity index (χ1n) is 11.9. The van der Waals surface area contributed by atoms with Gasteiger partial charge < -0.3 is 15.5 Å². The molecule has 31 heavy (non-hydrogen) atoms. The van der Waals surface area contributed by atoms with Gasteiger partial charge in [-0.25, -0.2) is 9.97 Å². The highest BCUT2D eigenvalue weighted by atomic mass is 16.1. The number of carbonyl (C=O) groups is 1. The van der Waals surface area contributed by atoms with Crippen molar-refractivity contribution in [1.82, 2.24) is 20.6 Å². The Morgan fingerprint density at radius 3 is 2.81 bits per heavy atom. The van der Waals surface area contributed by atoms with Gasteiger partial charge in [0.2, 0.25) is 0 Å². The summed E-state index contributed by atoms with van der Waals surface area (Å²) in [5.41, 5.74) is 2.97. The van der Waals surface area contributed by atoms with Crippen LogP contribution < -0.4 is 15.5 Å². The third-order valence-corrected chi connectivity index (χ3v) is 6.47. The third-order valence-electron chi connectivity index (χ3n) is 6.47. The SMILES string of the molecule is O=C(NCCCc1ccnc(CCC2CCNCC2)n1)c1cccc(N2CCCC2)c1. The van der Waals surface area contributed by atoms with Gasteiger partial charge in [0.15, 0.2) is 0 Å². The zero-order valence-corrected chi connectivity index (χ0v) is 18.5. The maximum absolute atomic E-state index is 12.6. The first-order valence-corrected chi connectivity index (χ1v) is 11.9. The maximum atomic E-state index is 12.6. The molecule has 0 aliphatic carbocycles. The lowest BCUT2D eigenvalue weighted by Gasteiger charge is -2.22. The van der Waals surface area contributed by atoms with Crippen LogP contribution in [0.4, 0.5) is 5.69 Å². The molecule has 0 saturated carbocycles. The topological polar surface area (TPSA) is 70.1 Å². The standard InChI is InChI=1S/C25H35N5O/c31-25(21-5-3-7-23(19-21)30-17-1-2-18-30)28-13-4-6-22-12-16-27-24(29-22)9-8-20-10-14-26-15-11-20/h3,5,7,12,16,19-20,26H,1-2,4,6,8-11,13-15,17-18H2,(H,28,31). The molecule has 2 N–H and O–H groups in total. The minimum atomic E-state index is 0.00592. The molecule has 1 aromatic carbocycles. The van der Waals surface area contributed by atoms with Crippen LogP contribution in [0.1, 0.15) is 60.4 Å². The summed E-state index contributed by atoms with van der Waals surface area (Å²) < 4.78 is 0. The highest BCUT2D eigenvalue weighted by molar-refractivity contribution is 5.95. The Bertz CT molecular complexity index is 843. The van der Waals surface area contributed by atoms with Crippen molar-refractivity contribution in [3.05, 3.63) is 53.6 Å². The summed E-state index contributed by atoms with van der Waals surface area (Å²) in [5.74, 6) is 1.76. The van der Waals surface area contributed by atoms with Gasteiger partial charge in [0.25, 0.3) is 5.91 Å². The number of piperidine rings is 1. The van der Waals surface area contributed by atoms with Crippen LogP contribution in [-0.2, 0) is 12.8 Å². The zero-order valence-electron chi connectivity index (χ0n) is 18.5. The smallest absolute Gasteiger partial charge is 0.251 e. The van der Waals surface area contributed by atoms with Gasteiger partial charge in [0.1, 0.15) is 5.82 Å². The molecule has 2 fully saturated rings. The largest absolute Gasteiger partial charge is 0.372 e. The lowest BCUT2D eigenvalue weighted by atomic mass is 9.93. The lowest BCUT2D eigenvalue weighted by Crippen LogP contribution is -2.28. The molecule has 166 valence electrons. The second kappa shape index (κ2) is 11.2. The molecule has 4 rings (SSSR count). The monoisotopic (exact) mass is 421 g/mol. The second-order valence-electron chi connectivity index (χ2n) is 8.80. The fraction of sp³-hybridized carbons (Fsp3) is 0.560. The number of aromatic nitrogens is 2. The molecular weight excluding hydrogens is 386 g/mol. The van der Waals surface area contributed by atoms with Crippen LogP contribution >= 0.6 is 0 Å². The van der Waals surface area contributed by atoms with Crippen LogP contribution in [0.2, 0.25) is 0 Å². The number of hydrogen-bond donors (Lipinski definition) is 2. The first-order chi connectivity index (χ1) is 15.3. The van der Waals surface area contributed by atoms with Crippen molar-refractivity contribution >= 4 is 11.6 Å². The number of carbonyl (C=O) groups excluding carboxylic acids is 1. The van der Waals surface area contributed by atoms with Gasteiger partial charge in [-0.2, -0.15) is 0 Å². The van der Waals surface area contributed by atoms with Gasteiger partial charge >= 0.3 is 0 Å². The van der Waals surface area contributed by atoms with E-state index in [1.54, 1.807) is 0 Å². The van der Waals surface area contributed by atoms with Crippen molar-refractivity contribution in [2.45, 2.75) is 51.4 Å². The van der Waals surface area contributed by atoms with E-state index in [2.05, 4.69) is 26.6 Å². The number of nitrogens with zero attached hydrogens (tertiary/aromatic N) is 3. The molecular formula is C25H35N5O. The van der Waals surface area contributed by atoms with E-state index >= 15 is 0 Å². The van der Waals surface area contributed by atoms with Crippen LogP contribution in [0, 0.1) is 5.92 Å². The summed E-state index contributed by atoms with van der Waals surface area (Å²) >= 11 is 0. The Balaban J connectivity index is 1.20. The van der Waals surface area contributed by atoms with Crippen molar-refractivity contribution in [3.63, 3.8) is 0 Å². The molecule has 1 aromatic heterocycles. The number of amides is 1. The molecule has 0 radical (unpaired) electrons. The third kappa shape index (κ3) is 6.50. The molecule has 6 nitrogen and oxygen atoms in total. The lowest BCUT2D eigenvalue weighted by molar-refractivity contribution is 0.0953. The average Bonchev–Trinajstić information content (AvgIpc) is 3.37. The number of rotatable bonds is 9. The minimum absolute atomic E-state index is 0.00592. The molecule has 2 aliphatic heterocycles. The van der Waals surface area contributed by atoms with Gasteiger partial charge in [0, 0.05) is 49.2 Å². The van der Waals surface area contributed by atoms with Crippen molar-refractivity contribution in [2.24, 2.45) is 5.92 Å². The Kier molecular flexibility index (Phi) is 7.88. The normalized spacial score (nSPS) is 17.1. The predicted octanol–water partition coefficient (Wildman–Crippen LogP) is 3.37. The van der Waals surface area contributed by atoms with Crippen molar-refractivity contribution in [1.29, 1.82) is 0 Å². The number of aryl methyl sites for hydroxylation is 2. The number of anilines is 1. The average molecular weight is 422 g/mol. The molecule has 0 spiro atoms. The Labute approximate surface area is 185 Å². The fourth-order valence-corrected chi connectivity index (χ4v) is 4.60. The number of hydrogen-bond acceptors (Lipinski definition) is 5. The number of benzene rings is 1. The molecule has 2 saturated heterocycles. The predicted molar refractivity (Wildman–Crippen MR) is 124 cm³/mol. The van der Waals surface area contributed by atoms with Gasteiger partial charge in [0.05, 0.1) is 0 Å². The van der Waals surface area contributed by atoms with Crippen LogP contribution in [0.15, 0.2) is 36.5 Å². The Morgan fingerprint density at radius 2 is 1.97 bits per heavy atom. The van der Waals surface area contributed by atoms with E-state index in [1.165, 1.54) is 32.1 Å². The summed E-state index contributed by atoms with van der Waals surface area (Å²) in [4.78, 5) is 24.1. The van der Waals surface area contributed by atoms with E-state index in [-0.39, 0.29) is 5.91 Å². The van der Waals surface area contributed by atoms with E-state index in [1.807, 2.05) is 30.5 Å². The maximum Gasteiger partial charge on any atom is 0.251 e. The van der Waals surface area contributed by atoms with Gasteiger partial charge in [-0.05, 0) is 88.2 Å². The highest BCUT2D eigenvalue weighted by Crippen LogP contribution is 2.21. The molecule has 6 heteroatoms. The molecule has 3 heterocycles. The fourth-order valence-electron chi connectivity index (χ4n) is 4.60. The molecule has 0 bridgehead atoms. The van der Waals surface area contributed by atoms with E-state index in [0.29, 0.717) is 6.54 Å². The minimum Gasteiger partial charge on any atom is -0.372 e. The summed E-state index contributed by atoms with van der Waals surface area (Å²) in [6, 6.07) is 9.98. The van der Waals surface area contributed by atoms with E-state index in [9.17, 15) is 4.79 Å². The Morgan fingerprint density at radius 1 is 1.13 bits per heavy atom. The summed E-state index contributed by atoms with van der Waals surface area (Å²) in [7, 11) is 0. The van der Waals surface area contributed by atoms with Crippen LogP contribution in [0.25, 0.3) is 0 Å². The quantitative estimate of drug-likeness (QED) is 0.608. The van der Waals surface area contributed by atoms with Crippen molar-refractivity contribution < 1.29 is 4.79 Å². The summed E-state index contributed by atoms with van der Waals surface area (Å²) in [6.07, 6.45) is 10.8. The number of nitrogens with one attached hydrogen (secondary N) is 2. The second-order valence-corrected chi connectivity index (χ2v) is 8.80. The Hall–Kier alpha value is -2.47. The van der Waals surface area contributed by atoms with E-state index in [4.69, 9.17) is 4.98 Å². The van der Waals surface area contributed by atoms with Gasteiger partial charge in [-0.1, -0.05) is 6.07 Å². The molecule has 0 unspecified atom stereocenters. The van der Waals surface area contributed by atoms with Gasteiger partial charge in [-0.3, -0.25) is 4.79 Å². The van der Waals surface area contributed by atoms with Crippen LogP contribution in [0.3, 0.4) is 0 Å². The zero-order chi connectivity index (χ0) is 21.3. The van der Waals surface area contributed by atoms with Crippen molar-refractivity contribution in [2.75, 3.05) is 37.6 Å².